The number of amides is 4. The summed E-state index contributed by atoms with van der Waals surface area (Å²) < 4.78 is 24.8. The molecule has 1 fully saturated rings. The Hall–Kier alpha value is -3.53. The molecule has 0 radical (unpaired) electrons. The zero-order valence-electron chi connectivity index (χ0n) is 26.6. The highest BCUT2D eigenvalue weighted by atomic mass is 35.6. The number of carbonyl (C=O) groups is 6. The zero-order chi connectivity index (χ0) is 35.5. The van der Waals surface area contributed by atoms with Crippen LogP contribution in [0.4, 0.5) is 9.59 Å². The quantitative estimate of drug-likeness (QED) is 0.149. The van der Waals surface area contributed by atoms with Gasteiger partial charge < -0.3 is 45.0 Å². The lowest BCUT2D eigenvalue weighted by molar-refractivity contribution is -0.225. The normalized spacial score (nSPS) is 21.7. The Balaban J connectivity index is 2.41. The summed E-state index contributed by atoms with van der Waals surface area (Å²) in [4.78, 5) is 75.3. The van der Waals surface area contributed by atoms with Gasteiger partial charge in [-0.15, -0.1) is 0 Å². The number of ether oxygens (including phenoxy) is 5. The fraction of sp³-hybridized carbons (Fsp3) is 0.586. The van der Waals surface area contributed by atoms with E-state index in [0.717, 1.165) is 26.3 Å². The number of rotatable bonds is 11. The molecule has 0 unspecified atom stereocenters. The SMILES string of the molecule is CC(=O)OC[C@H]1O[C@@H](NC(=O)N[C@H](C(=O)NCc2ccccc2)C(C)(C)C)[C@@H](NC(=O)OCC(Cl)(Cl)Cl)[C@@H](OC(C)=O)[C@@H]1OC(C)=O. The first-order valence-corrected chi connectivity index (χ1v) is 15.4. The fourth-order valence-corrected chi connectivity index (χ4v) is 4.57. The van der Waals surface area contributed by atoms with E-state index in [1.807, 2.05) is 30.3 Å². The predicted octanol–water partition coefficient (Wildman–Crippen LogP) is 2.63. The van der Waals surface area contributed by atoms with Gasteiger partial charge in [-0.25, -0.2) is 9.59 Å². The first-order chi connectivity index (χ1) is 21.8. The number of nitrogens with one attached hydrogen (secondary N) is 4. The van der Waals surface area contributed by atoms with Crippen molar-refractivity contribution < 1.29 is 52.5 Å². The molecule has 4 N–H and O–H groups in total. The molecule has 1 aromatic carbocycles. The van der Waals surface area contributed by atoms with Crippen LogP contribution >= 0.6 is 34.8 Å². The van der Waals surface area contributed by atoms with Gasteiger partial charge in [0.25, 0.3) is 0 Å². The molecule has 262 valence electrons. The van der Waals surface area contributed by atoms with E-state index in [9.17, 15) is 28.8 Å². The van der Waals surface area contributed by atoms with Crippen molar-refractivity contribution in [3.63, 3.8) is 0 Å². The van der Waals surface area contributed by atoms with Gasteiger partial charge in [0.05, 0.1) is 0 Å². The van der Waals surface area contributed by atoms with Crippen LogP contribution in [0.25, 0.3) is 0 Å². The Morgan fingerprint density at radius 1 is 0.851 bits per heavy atom. The lowest BCUT2D eigenvalue weighted by Gasteiger charge is -2.45. The minimum Gasteiger partial charge on any atom is -0.463 e. The molecule has 4 amide bonds. The number of benzene rings is 1. The number of esters is 3. The third-order valence-electron chi connectivity index (χ3n) is 6.38. The third-order valence-corrected chi connectivity index (χ3v) is 6.71. The minimum atomic E-state index is -1.98. The number of urea groups is 1. The van der Waals surface area contributed by atoms with Gasteiger partial charge in [-0.1, -0.05) is 85.9 Å². The molecular formula is C29H39Cl3N4O11. The Labute approximate surface area is 286 Å². The molecule has 1 aliphatic rings. The molecule has 15 nitrogen and oxygen atoms in total. The number of alkyl carbamates (subject to hydrolysis) is 1. The second kappa shape index (κ2) is 17.6. The highest BCUT2D eigenvalue weighted by Crippen LogP contribution is 2.28. The maximum absolute atomic E-state index is 13.4. The molecule has 0 aromatic heterocycles. The van der Waals surface area contributed by atoms with Crippen molar-refractivity contribution >= 4 is 70.7 Å². The van der Waals surface area contributed by atoms with E-state index in [-0.39, 0.29) is 6.54 Å². The summed E-state index contributed by atoms with van der Waals surface area (Å²) in [6, 6.07) is 5.60. The number of halogens is 3. The highest BCUT2D eigenvalue weighted by molar-refractivity contribution is 6.67. The standard InChI is InChI=1S/C29H39Cl3N4O11/c1-15(37)43-13-19-21(45-16(2)38)22(46-17(3)39)20(34-27(42)44-14-29(30,31)32)25(47-19)36-26(41)35-23(28(4,5)6)24(40)33-12-18-10-8-7-9-11-18/h7-11,19-23,25H,12-14H2,1-6H3,(H,33,40)(H,34,42)(H2,35,36,41)/t19-,20+,21-,22-,23-,25-/m1/s1. The monoisotopic (exact) mass is 724 g/mol. The van der Waals surface area contributed by atoms with E-state index in [1.54, 1.807) is 20.8 Å². The largest absolute Gasteiger partial charge is 0.463 e. The van der Waals surface area contributed by atoms with Crippen molar-refractivity contribution in [2.45, 2.75) is 88.5 Å². The maximum atomic E-state index is 13.4. The van der Waals surface area contributed by atoms with E-state index in [1.165, 1.54) is 0 Å². The van der Waals surface area contributed by atoms with Crippen LogP contribution in [-0.4, -0.2) is 89.6 Å². The highest BCUT2D eigenvalue weighted by Gasteiger charge is 2.52. The Kier molecular flexibility index (Phi) is 14.8. The van der Waals surface area contributed by atoms with E-state index >= 15 is 0 Å². The Bertz CT molecular complexity index is 1270. The summed E-state index contributed by atoms with van der Waals surface area (Å²) in [5.41, 5.74) is 0.0460. The van der Waals surface area contributed by atoms with Gasteiger partial charge in [-0.05, 0) is 11.0 Å². The van der Waals surface area contributed by atoms with Gasteiger partial charge in [0.15, 0.2) is 18.4 Å². The molecule has 1 aliphatic heterocycles. The Morgan fingerprint density at radius 2 is 1.45 bits per heavy atom. The molecule has 0 spiro atoms. The topological polar surface area (TPSA) is 197 Å². The lowest BCUT2D eigenvalue weighted by atomic mass is 9.86. The van der Waals surface area contributed by atoms with E-state index in [2.05, 4.69) is 21.3 Å². The van der Waals surface area contributed by atoms with Gasteiger partial charge >= 0.3 is 30.0 Å². The molecule has 0 saturated carbocycles. The maximum Gasteiger partial charge on any atom is 0.407 e. The van der Waals surface area contributed by atoms with Crippen LogP contribution in [0.15, 0.2) is 30.3 Å². The number of hydrogen-bond donors (Lipinski definition) is 4. The first-order valence-electron chi connectivity index (χ1n) is 14.3. The van der Waals surface area contributed by atoms with Crippen molar-refractivity contribution in [2.24, 2.45) is 5.41 Å². The Morgan fingerprint density at radius 3 is 1.98 bits per heavy atom. The lowest BCUT2D eigenvalue weighted by Crippen LogP contribution is -2.70. The number of alkyl halides is 3. The average molecular weight is 726 g/mol. The van der Waals surface area contributed by atoms with Gasteiger partial charge in [0, 0.05) is 27.3 Å². The zero-order valence-corrected chi connectivity index (χ0v) is 28.9. The van der Waals surface area contributed by atoms with Crippen LogP contribution in [0.2, 0.25) is 0 Å². The molecule has 0 bridgehead atoms. The van der Waals surface area contributed by atoms with Crippen molar-refractivity contribution in [1.29, 1.82) is 0 Å². The molecule has 0 aliphatic carbocycles. The van der Waals surface area contributed by atoms with Crippen molar-refractivity contribution in [3.8, 4) is 0 Å². The van der Waals surface area contributed by atoms with Gasteiger partial charge in [-0.2, -0.15) is 0 Å². The van der Waals surface area contributed by atoms with Gasteiger partial charge in [0.2, 0.25) is 9.70 Å². The molecular weight excluding hydrogens is 687 g/mol. The summed E-state index contributed by atoms with van der Waals surface area (Å²) in [7, 11) is 0. The molecule has 18 heteroatoms. The van der Waals surface area contributed by atoms with Crippen LogP contribution in [0.3, 0.4) is 0 Å². The van der Waals surface area contributed by atoms with E-state index < -0.39 is 95.0 Å². The first kappa shape index (κ1) is 39.6. The molecule has 1 aromatic rings. The van der Waals surface area contributed by atoms with Gasteiger partial charge in [-0.3, -0.25) is 19.2 Å². The third kappa shape index (κ3) is 14.0. The van der Waals surface area contributed by atoms with Crippen molar-refractivity contribution in [2.75, 3.05) is 13.2 Å². The molecule has 1 saturated heterocycles. The summed E-state index contributed by atoms with van der Waals surface area (Å²) >= 11 is 17.0. The van der Waals surface area contributed by atoms with Gasteiger partial charge in [0.1, 0.15) is 31.4 Å². The van der Waals surface area contributed by atoms with Crippen LogP contribution in [0.5, 0.6) is 0 Å². The number of carbonyl (C=O) groups excluding carboxylic acids is 6. The second-order valence-corrected chi connectivity index (χ2v) is 14.0. The van der Waals surface area contributed by atoms with Crippen LogP contribution in [0, 0.1) is 5.41 Å². The van der Waals surface area contributed by atoms with Crippen LogP contribution < -0.4 is 21.3 Å². The summed E-state index contributed by atoms with van der Waals surface area (Å²) in [6.07, 6.45) is -7.08. The van der Waals surface area contributed by atoms with Crippen molar-refractivity contribution in [3.05, 3.63) is 35.9 Å². The molecule has 2 rings (SSSR count). The summed E-state index contributed by atoms with van der Waals surface area (Å²) in [6.45, 7) is 7.44. The average Bonchev–Trinajstić information content (AvgIpc) is 2.94. The molecule has 6 atom stereocenters. The second-order valence-electron chi connectivity index (χ2n) is 11.5. The van der Waals surface area contributed by atoms with Crippen LogP contribution in [-0.2, 0) is 49.4 Å². The summed E-state index contributed by atoms with van der Waals surface area (Å²) in [5, 5.41) is 10.3. The minimum absolute atomic E-state index is 0.197. The number of hydrogen-bond acceptors (Lipinski definition) is 11. The molecule has 1 heterocycles. The van der Waals surface area contributed by atoms with Crippen LogP contribution in [0.1, 0.15) is 47.1 Å². The smallest absolute Gasteiger partial charge is 0.407 e. The predicted molar refractivity (Wildman–Crippen MR) is 168 cm³/mol. The van der Waals surface area contributed by atoms with E-state index in [4.69, 9.17) is 58.5 Å². The van der Waals surface area contributed by atoms with Crippen molar-refractivity contribution in [1.82, 2.24) is 21.3 Å². The summed E-state index contributed by atoms with van der Waals surface area (Å²) in [5.74, 6) is -2.91. The fourth-order valence-electron chi connectivity index (χ4n) is 4.41. The molecule has 47 heavy (non-hydrogen) atoms. The van der Waals surface area contributed by atoms with E-state index in [0.29, 0.717) is 0 Å².